The van der Waals surface area contributed by atoms with Crippen LogP contribution in [0.1, 0.15) is 5.56 Å². The number of nitrogen functional groups attached to an aromatic ring is 1. The van der Waals surface area contributed by atoms with Gasteiger partial charge in [0.2, 0.25) is 5.95 Å². The number of nitrogens with zero attached hydrogens (tertiary/aromatic N) is 2. The number of nitrogens with two attached hydrogens (primary N) is 1. The Morgan fingerprint density at radius 3 is 2.45 bits per heavy atom. The monoisotopic (exact) mass is 313 g/mol. The predicted molar refractivity (Wildman–Crippen MR) is 76.8 cm³/mol. The Labute approximate surface area is 121 Å². The van der Waals surface area contributed by atoms with Crippen molar-refractivity contribution in [3.05, 3.63) is 41.2 Å². The van der Waals surface area contributed by atoms with E-state index in [1.54, 1.807) is 12.1 Å². The summed E-state index contributed by atoms with van der Waals surface area (Å²) in [5, 5.41) is 0.476. The first-order chi connectivity index (χ1) is 9.42. The molecule has 0 fully saturated rings. The lowest BCUT2D eigenvalue weighted by molar-refractivity contribution is 0.600. The van der Waals surface area contributed by atoms with Gasteiger partial charge in [-0.3, -0.25) is 10.1 Å². The Morgan fingerprint density at radius 2 is 1.90 bits per heavy atom. The molecule has 0 radical (unpaired) electrons. The van der Waals surface area contributed by atoms with Crippen LogP contribution in [0.3, 0.4) is 0 Å². The van der Waals surface area contributed by atoms with E-state index in [2.05, 4.69) is 20.1 Å². The quantitative estimate of drug-likeness (QED) is 0.583. The number of rotatable bonds is 4. The normalized spacial score (nSPS) is 11.2. The molecule has 2 rings (SSSR count). The molecule has 0 bridgehead atoms. The third-order valence-corrected chi connectivity index (χ3v) is 4.23. The van der Waals surface area contributed by atoms with Gasteiger partial charge in [-0.25, -0.2) is 24.2 Å². The molecule has 0 aliphatic carbocycles. The van der Waals surface area contributed by atoms with Gasteiger partial charge in [0.1, 0.15) is 4.90 Å². The second-order valence-corrected chi connectivity index (χ2v) is 6.05. The van der Waals surface area contributed by atoms with Crippen LogP contribution in [0.5, 0.6) is 0 Å². The molecule has 0 spiro atoms. The highest BCUT2D eigenvalue weighted by atomic mass is 35.5. The molecular weight excluding hydrogens is 302 g/mol. The zero-order chi connectivity index (χ0) is 14.8. The Hall–Kier alpha value is -1.90. The minimum atomic E-state index is -3.77. The summed E-state index contributed by atoms with van der Waals surface area (Å²) in [6, 6.07) is 4.87. The van der Waals surface area contributed by atoms with E-state index in [0.717, 1.165) is 18.0 Å². The van der Waals surface area contributed by atoms with Crippen molar-refractivity contribution in [3.8, 4) is 0 Å². The van der Waals surface area contributed by atoms with E-state index < -0.39 is 10.0 Å². The third-order valence-electron chi connectivity index (χ3n) is 2.49. The number of hydrazine groups is 1. The SMILES string of the molecule is Cc1ccc(NS(=O)(=O)c2cnc(NN)nc2)cc1Cl. The topological polar surface area (TPSA) is 110 Å². The second kappa shape index (κ2) is 5.61. The maximum absolute atomic E-state index is 12.1. The molecule has 1 aromatic heterocycles. The van der Waals surface area contributed by atoms with E-state index in [0.29, 0.717) is 10.7 Å². The Morgan fingerprint density at radius 1 is 1.25 bits per heavy atom. The standard InChI is InChI=1S/C11H12ClN5O2S/c1-7-2-3-8(4-10(7)12)17-20(18,19)9-5-14-11(16-13)15-6-9/h2-6,17H,13H2,1H3,(H,14,15,16). The van der Waals surface area contributed by atoms with Crippen LogP contribution in [-0.4, -0.2) is 18.4 Å². The van der Waals surface area contributed by atoms with Gasteiger partial charge in [0.25, 0.3) is 10.0 Å². The van der Waals surface area contributed by atoms with Crippen LogP contribution in [0.25, 0.3) is 0 Å². The summed E-state index contributed by atoms with van der Waals surface area (Å²) in [7, 11) is -3.77. The molecule has 0 aliphatic rings. The molecule has 1 aromatic carbocycles. The Balaban J connectivity index is 2.27. The highest BCUT2D eigenvalue weighted by molar-refractivity contribution is 7.92. The van der Waals surface area contributed by atoms with Crippen LogP contribution < -0.4 is 16.0 Å². The highest BCUT2D eigenvalue weighted by Gasteiger charge is 2.15. The molecule has 1 heterocycles. The average Bonchev–Trinajstić information content (AvgIpc) is 2.43. The van der Waals surface area contributed by atoms with Crippen LogP contribution in [0, 0.1) is 6.92 Å². The molecule has 0 amide bonds. The van der Waals surface area contributed by atoms with Crippen molar-refractivity contribution in [2.24, 2.45) is 5.84 Å². The van der Waals surface area contributed by atoms with Crippen LogP contribution in [0.2, 0.25) is 5.02 Å². The fraction of sp³-hybridized carbons (Fsp3) is 0.0909. The molecule has 0 saturated carbocycles. The fourth-order valence-electron chi connectivity index (χ4n) is 1.40. The first kappa shape index (κ1) is 14.5. The molecular formula is C11H12ClN5O2S. The lowest BCUT2D eigenvalue weighted by atomic mass is 10.2. The number of aromatic nitrogens is 2. The molecule has 4 N–H and O–H groups in total. The second-order valence-electron chi connectivity index (χ2n) is 3.96. The van der Waals surface area contributed by atoms with Crippen LogP contribution >= 0.6 is 11.6 Å². The minimum Gasteiger partial charge on any atom is -0.292 e. The van der Waals surface area contributed by atoms with Crippen molar-refractivity contribution in [2.75, 3.05) is 10.1 Å². The van der Waals surface area contributed by atoms with Gasteiger partial charge in [-0.1, -0.05) is 17.7 Å². The van der Waals surface area contributed by atoms with Gasteiger partial charge in [0.05, 0.1) is 18.1 Å². The Bertz CT molecular complexity index is 718. The summed E-state index contributed by atoms with van der Waals surface area (Å²) in [6.07, 6.45) is 2.31. The van der Waals surface area contributed by atoms with Gasteiger partial charge in [-0.15, -0.1) is 0 Å². The van der Waals surface area contributed by atoms with Crippen LogP contribution in [0.15, 0.2) is 35.5 Å². The number of nitrogens with one attached hydrogen (secondary N) is 2. The largest absolute Gasteiger partial charge is 0.292 e. The van der Waals surface area contributed by atoms with Crippen LogP contribution in [-0.2, 0) is 10.0 Å². The minimum absolute atomic E-state index is 0.0757. The van der Waals surface area contributed by atoms with E-state index in [4.69, 9.17) is 17.4 Å². The molecule has 2 aromatic rings. The summed E-state index contributed by atoms with van der Waals surface area (Å²) in [4.78, 5) is 7.41. The molecule has 7 nitrogen and oxygen atoms in total. The number of anilines is 2. The van der Waals surface area contributed by atoms with Crippen LogP contribution in [0.4, 0.5) is 11.6 Å². The number of sulfonamides is 1. The van der Waals surface area contributed by atoms with Crippen molar-refractivity contribution in [2.45, 2.75) is 11.8 Å². The summed E-state index contributed by atoms with van der Waals surface area (Å²) < 4.78 is 26.6. The summed E-state index contributed by atoms with van der Waals surface area (Å²) in [5.74, 6) is 5.24. The first-order valence-corrected chi connectivity index (χ1v) is 7.36. The highest BCUT2D eigenvalue weighted by Crippen LogP contribution is 2.22. The van der Waals surface area contributed by atoms with Crippen molar-refractivity contribution in [1.82, 2.24) is 9.97 Å². The molecule has 20 heavy (non-hydrogen) atoms. The van der Waals surface area contributed by atoms with E-state index in [-0.39, 0.29) is 10.8 Å². The molecule has 0 aliphatic heterocycles. The number of halogens is 1. The smallest absolute Gasteiger partial charge is 0.264 e. The summed E-state index contributed by atoms with van der Waals surface area (Å²) in [5.41, 5.74) is 3.43. The van der Waals surface area contributed by atoms with Gasteiger partial charge in [0, 0.05) is 5.02 Å². The van der Waals surface area contributed by atoms with Crippen molar-refractivity contribution >= 4 is 33.3 Å². The zero-order valence-electron chi connectivity index (χ0n) is 10.5. The number of hydrogen-bond donors (Lipinski definition) is 3. The van der Waals surface area contributed by atoms with Gasteiger partial charge in [-0.2, -0.15) is 0 Å². The molecule has 106 valence electrons. The lowest BCUT2D eigenvalue weighted by Crippen LogP contribution is -2.15. The summed E-state index contributed by atoms with van der Waals surface area (Å²) in [6.45, 7) is 1.83. The maximum Gasteiger partial charge on any atom is 0.264 e. The lowest BCUT2D eigenvalue weighted by Gasteiger charge is -2.09. The molecule has 0 saturated heterocycles. The third kappa shape index (κ3) is 3.16. The van der Waals surface area contributed by atoms with Gasteiger partial charge >= 0.3 is 0 Å². The molecule has 0 atom stereocenters. The van der Waals surface area contributed by atoms with Gasteiger partial charge < -0.3 is 0 Å². The molecule has 0 unspecified atom stereocenters. The number of hydrogen-bond acceptors (Lipinski definition) is 6. The zero-order valence-corrected chi connectivity index (χ0v) is 12.0. The van der Waals surface area contributed by atoms with Gasteiger partial charge in [-0.05, 0) is 24.6 Å². The van der Waals surface area contributed by atoms with E-state index in [9.17, 15) is 8.42 Å². The maximum atomic E-state index is 12.1. The van der Waals surface area contributed by atoms with Crippen molar-refractivity contribution < 1.29 is 8.42 Å². The first-order valence-electron chi connectivity index (χ1n) is 5.50. The fourth-order valence-corrected chi connectivity index (χ4v) is 2.52. The average molecular weight is 314 g/mol. The number of benzene rings is 1. The van der Waals surface area contributed by atoms with E-state index in [1.165, 1.54) is 6.07 Å². The van der Waals surface area contributed by atoms with Gasteiger partial charge in [0.15, 0.2) is 0 Å². The Kier molecular flexibility index (Phi) is 4.07. The van der Waals surface area contributed by atoms with E-state index in [1.807, 2.05) is 6.92 Å². The van der Waals surface area contributed by atoms with Crippen molar-refractivity contribution in [3.63, 3.8) is 0 Å². The molecule has 9 heteroatoms. The summed E-state index contributed by atoms with van der Waals surface area (Å²) >= 11 is 5.95. The van der Waals surface area contributed by atoms with Crippen molar-refractivity contribution in [1.29, 1.82) is 0 Å². The predicted octanol–water partition coefficient (Wildman–Crippen LogP) is 1.52. The number of aryl methyl sites for hydroxylation is 1. The van der Waals surface area contributed by atoms with E-state index >= 15 is 0 Å².